The van der Waals surface area contributed by atoms with Gasteiger partial charge in [-0.3, -0.25) is 0 Å². The van der Waals surface area contributed by atoms with Gasteiger partial charge in [0.25, 0.3) is 0 Å². The molecule has 0 aliphatic rings. The van der Waals surface area contributed by atoms with Crippen LogP contribution in [0.4, 0.5) is 13.2 Å². The van der Waals surface area contributed by atoms with Gasteiger partial charge in [0.05, 0.1) is 0 Å². The van der Waals surface area contributed by atoms with Crippen LogP contribution in [0.3, 0.4) is 0 Å². The maximum Gasteiger partial charge on any atom is 0.451 e. The van der Waals surface area contributed by atoms with Crippen LogP contribution in [0.15, 0.2) is 6.33 Å². The van der Waals surface area contributed by atoms with E-state index >= 15 is 0 Å². The van der Waals surface area contributed by atoms with Gasteiger partial charge in [0.15, 0.2) is 0 Å². The molecule has 0 aliphatic carbocycles. The molecule has 7 heteroatoms. The fraction of sp³-hybridized carbons (Fsp3) is 0.200. The van der Waals surface area contributed by atoms with E-state index in [1.807, 2.05) is 0 Å². The van der Waals surface area contributed by atoms with Crippen LogP contribution in [0.25, 0.3) is 0 Å². The lowest BCUT2D eigenvalue weighted by Crippen LogP contribution is -2.12. The zero-order valence-electron chi connectivity index (χ0n) is 5.50. The molecule has 0 saturated heterocycles. The Morgan fingerprint density at radius 3 is 2.50 bits per heavy atom. The van der Waals surface area contributed by atoms with Gasteiger partial charge >= 0.3 is 6.18 Å². The Hall–Kier alpha value is -1.71. The summed E-state index contributed by atoms with van der Waals surface area (Å²) in [5.41, 5.74) is 0. The third-order valence-electron chi connectivity index (χ3n) is 0.925. The molecular formula is C5HF3N4. The van der Waals surface area contributed by atoms with Crippen LogP contribution in [0.2, 0.25) is 0 Å². The third-order valence-corrected chi connectivity index (χ3v) is 0.925. The summed E-state index contributed by atoms with van der Waals surface area (Å²) in [7, 11) is 0. The van der Waals surface area contributed by atoms with E-state index < -0.39 is 17.8 Å². The predicted molar refractivity (Wildman–Crippen MR) is 29.5 cm³/mol. The quantitative estimate of drug-likeness (QED) is 0.582. The van der Waals surface area contributed by atoms with Crippen molar-refractivity contribution in [2.75, 3.05) is 0 Å². The summed E-state index contributed by atoms with van der Waals surface area (Å²) in [6, 6.07) is 1.38. The standard InChI is InChI=1S/C5HF3N4/c6-5(7,8)4-11-2-10-3(1-9)12-4/h2H. The van der Waals surface area contributed by atoms with E-state index in [9.17, 15) is 13.2 Å². The Morgan fingerprint density at radius 2 is 2.00 bits per heavy atom. The van der Waals surface area contributed by atoms with Gasteiger partial charge in [-0.2, -0.15) is 23.4 Å². The highest BCUT2D eigenvalue weighted by molar-refractivity contribution is 5.09. The highest BCUT2D eigenvalue weighted by Gasteiger charge is 2.34. The molecule has 0 amide bonds. The minimum Gasteiger partial charge on any atom is -0.213 e. The van der Waals surface area contributed by atoms with Gasteiger partial charge in [-0.25, -0.2) is 9.97 Å². The van der Waals surface area contributed by atoms with Gasteiger partial charge in [0.1, 0.15) is 12.4 Å². The molecule has 62 valence electrons. The number of alkyl halides is 3. The van der Waals surface area contributed by atoms with Crippen molar-refractivity contribution in [2.24, 2.45) is 0 Å². The summed E-state index contributed by atoms with van der Waals surface area (Å²) in [6.07, 6.45) is -3.98. The van der Waals surface area contributed by atoms with Crippen LogP contribution in [0.5, 0.6) is 0 Å². The molecule has 0 N–H and O–H groups in total. The van der Waals surface area contributed by atoms with E-state index in [2.05, 4.69) is 15.0 Å². The minimum absolute atomic E-state index is 0.544. The number of aromatic nitrogens is 3. The van der Waals surface area contributed by atoms with Gasteiger partial charge in [-0.1, -0.05) is 0 Å². The number of hydrogen-bond acceptors (Lipinski definition) is 4. The Kier molecular flexibility index (Phi) is 1.91. The first-order chi connectivity index (χ1) is 5.54. The maximum absolute atomic E-state index is 11.8. The van der Waals surface area contributed by atoms with Gasteiger partial charge in [-0.15, -0.1) is 0 Å². The average Bonchev–Trinajstić information content (AvgIpc) is 2.03. The Labute approximate surface area is 64.7 Å². The zero-order chi connectivity index (χ0) is 9.19. The number of rotatable bonds is 0. The topological polar surface area (TPSA) is 62.5 Å². The van der Waals surface area contributed by atoms with Crippen molar-refractivity contribution in [1.82, 2.24) is 15.0 Å². The smallest absolute Gasteiger partial charge is 0.213 e. The number of hydrogen-bond donors (Lipinski definition) is 0. The molecule has 12 heavy (non-hydrogen) atoms. The predicted octanol–water partition coefficient (Wildman–Crippen LogP) is 0.762. The Bertz CT molecular complexity index is 326. The second kappa shape index (κ2) is 2.73. The first kappa shape index (κ1) is 8.39. The van der Waals surface area contributed by atoms with Crippen molar-refractivity contribution in [1.29, 1.82) is 5.26 Å². The molecule has 0 fully saturated rings. The summed E-state index contributed by atoms with van der Waals surface area (Å²) < 4.78 is 35.5. The maximum atomic E-state index is 11.8. The molecule has 1 aromatic rings. The van der Waals surface area contributed by atoms with Crippen molar-refractivity contribution in [3.8, 4) is 6.07 Å². The van der Waals surface area contributed by atoms with Gasteiger partial charge < -0.3 is 0 Å². The van der Waals surface area contributed by atoms with E-state index in [4.69, 9.17) is 5.26 Å². The molecule has 0 spiro atoms. The van der Waals surface area contributed by atoms with Crippen LogP contribution in [-0.2, 0) is 6.18 Å². The molecule has 0 unspecified atom stereocenters. The molecule has 0 atom stereocenters. The lowest BCUT2D eigenvalue weighted by molar-refractivity contribution is -0.145. The second-order valence-corrected chi connectivity index (χ2v) is 1.74. The lowest BCUT2D eigenvalue weighted by Gasteiger charge is -2.01. The summed E-state index contributed by atoms with van der Waals surface area (Å²) in [5, 5.41) is 8.16. The highest BCUT2D eigenvalue weighted by atomic mass is 19.4. The minimum atomic E-state index is -4.63. The molecule has 0 saturated carbocycles. The summed E-state index contributed by atoms with van der Waals surface area (Å²) in [5.74, 6) is -1.90. The van der Waals surface area contributed by atoms with E-state index in [0.717, 1.165) is 0 Å². The largest absolute Gasteiger partial charge is 0.451 e. The van der Waals surface area contributed by atoms with E-state index in [-0.39, 0.29) is 0 Å². The fourth-order valence-electron chi connectivity index (χ4n) is 0.487. The first-order valence-corrected chi connectivity index (χ1v) is 2.70. The molecule has 1 rings (SSSR count). The van der Waals surface area contributed by atoms with Crippen LogP contribution in [0.1, 0.15) is 11.6 Å². The Morgan fingerprint density at radius 1 is 1.33 bits per heavy atom. The van der Waals surface area contributed by atoms with Gasteiger partial charge in [0, 0.05) is 0 Å². The molecule has 0 bridgehead atoms. The van der Waals surface area contributed by atoms with E-state index in [1.54, 1.807) is 0 Å². The van der Waals surface area contributed by atoms with Gasteiger partial charge in [-0.05, 0) is 0 Å². The van der Waals surface area contributed by atoms with Gasteiger partial charge in [0.2, 0.25) is 11.6 Å². The molecule has 4 nitrogen and oxygen atoms in total. The average molecular weight is 174 g/mol. The highest BCUT2D eigenvalue weighted by Crippen LogP contribution is 2.24. The summed E-state index contributed by atoms with van der Waals surface area (Å²) >= 11 is 0. The normalized spacial score (nSPS) is 10.8. The summed E-state index contributed by atoms with van der Waals surface area (Å²) in [4.78, 5) is 8.90. The third kappa shape index (κ3) is 1.66. The number of nitrogens with zero attached hydrogens (tertiary/aromatic N) is 4. The molecule has 0 aromatic carbocycles. The van der Waals surface area contributed by atoms with Crippen LogP contribution >= 0.6 is 0 Å². The van der Waals surface area contributed by atoms with Crippen LogP contribution in [0, 0.1) is 11.3 Å². The zero-order valence-corrected chi connectivity index (χ0v) is 5.50. The molecule has 0 radical (unpaired) electrons. The molecule has 1 heterocycles. The fourth-order valence-corrected chi connectivity index (χ4v) is 0.487. The van der Waals surface area contributed by atoms with E-state index in [0.29, 0.717) is 6.33 Å². The molecule has 0 aliphatic heterocycles. The second-order valence-electron chi connectivity index (χ2n) is 1.74. The van der Waals surface area contributed by atoms with E-state index in [1.165, 1.54) is 6.07 Å². The molecule has 1 aromatic heterocycles. The van der Waals surface area contributed by atoms with Crippen molar-refractivity contribution in [2.45, 2.75) is 6.18 Å². The van der Waals surface area contributed by atoms with Crippen molar-refractivity contribution in [3.05, 3.63) is 18.0 Å². The first-order valence-electron chi connectivity index (χ1n) is 2.70. The lowest BCUT2D eigenvalue weighted by atomic mass is 10.5. The number of nitriles is 1. The van der Waals surface area contributed by atoms with Crippen molar-refractivity contribution >= 4 is 0 Å². The Balaban J connectivity index is 3.13. The van der Waals surface area contributed by atoms with Crippen molar-refractivity contribution < 1.29 is 13.2 Å². The summed E-state index contributed by atoms with van der Waals surface area (Å²) in [6.45, 7) is 0. The van der Waals surface area contributed by atoms with Crippen LogP contribution in [-0.4, -0.2) is 15.0 Å². The SMILES string of the molecule is N#Cc1ncnc(C(F)(F)F)n1. The number of halogens is 3. The van der Waals surface area contributed by atoms with Crippen molar-refractivity contribution in [3.63, 3.8) is 0 Å². The molecular weight excluding hydrogens is 173 g/mol. The monoisotopic (exact) mass is 174 g/mol. The van der Waals surface area contributed by atoms with Crippen LogP contribution < -0.4 is 0 Å².